The van der Waals surface area contributed by atoms with E-state index in [4.69, 9.17) is 15.9 Å². The zero-order valence-corrected chi connectivity index (χ0v) is 20.6. The van der Waals surface area contributed by atoms with Gasteiger partial charge in [-0.05, 0) is 48.7 Å². The van der Waals surface area contributed by atoms with Gasteiger partial charge in [0.2, 0.25) is 0 Å². The summed E-state index contributed by atoms with van der Waals surface area (Å²) in [5.74, 6) is 4.12. The molecule has 0 aromatic carbocycles. The molecule has 38 heavy (non-hydrogen) atoms. The van der Waals surface area contributed by atoms with Crippen LogP contribution in [0.15, 0.2) is 52.6 Å². The molecule has 1 aliphatic rings. The summed E-state index contributed by atoms with van der Waals surface area (Å²) < 4.78 is 47.0. The second kappa shape index (κ2) is 11.3. The fourth-order valence-corrected chi connectivity index (χ4v) is 3.72. The van der Waals surface area contributed by atoms with Crippen molar-refractivity contribution in [2.45, 2.75) is 19.3 Å². The molecule has 13 heteroatoms. The summed E-state index contributed by atoms with van der Waals surface area (Å²) in [5.41, 5.74) is 4.48. The van der Waals surface area contributed by atoms with Gasteiger partial charge in [-0.25, -0.2) is 18.2 Å². The average molecular weight is 543 g/mol. The van der Waals surface area contributed by atoms with Gasteiger partial charge >= 0.3 is 0 Å². The third-order valence-corrected chi connectivity index (χ3v) is 5.86. The maximum absolute atomic E-state index is 13.9. The Kier molecular flexibility index (Phi) is 7.92. The van der Waals surface area contributed by atoms with Crippen LogP contribution in [-0.2, 0) is 0 Å². The van der Waals surface area contributed by atoms with Gasteiger partial charge in [0.25, 0.3) is 17.9 Å². The predicted octanol–water partition coefficient (Wildman–Crippen LogP) is 4.20. The van der Waals surface area contributed by atoms with Crippen LogP contribution in [0.3, 0.4) is 0 Å². The van der Waals surface area contributed by atoms with Gasteiger partial charge in [0.05, 0.1) is 18.9 Å². The molecule has 1 fully saturated rings. The highest BCUT2D eigenvalue weighted by Gasteiger charge is 2.22. The number of nitrogens with zero attached hydrogens (tertiary/aromatic N) is 4. The second-order valence-electron chi connectivity index (χ2n) is 7.98. The third kappa shape index (κ3) is 6.27. The molecule has 1 saturated carbocycles. The number of nitrogens with two attached hydrogens (primary N) is 1. The number of aliphatic imine (C=N–C) groups is 1. The van der Waals surface area contributed by atoms with Crippen molar-refractivity contribution in [3.8, 4) is 34.5 Å². The topological polar surface area (TPSA) is 136 Å². The van der Waals surface area contributed by atoms with Crippen molar-refractivity contribution in [2.75, 3.05) is 7.11 Å². The van der Waals surface area contributed by atoms with Gasteiger partial charge in [-0.15, -0.1) is 0 Å². The highest BCUT2D eigenvalue weighted by atomic mass is 32.2. The number of amides is 1. The van der Waals surface area contributed by atoms with Crippen LogP contribution in [0, 0.1) is 29.0 Å². The molecule has 196 valence electrons. The molecular weight excluding hydrogens is 521 g/mol. The molecule has 0 atom stereocenters. The molecule has 4 rings (SSSR count). The Hall–Kier alpha value is -4.44. The van der Waals surface area contributed by atoms with Crippen LogP contribution >= 0.6 is 11.8 Å². The van der Waals surface area contributed by atoms with E-state index in [9.17, 15) is 22.8 Å². The summed E-state index contributed by atoms with van der Waals surface area (Å²) >= 11 is 0.687. The zero-order chi connectivity index (χ0) is 27.4. The zero-order valence-electron chi connectivity index (χ0n) is 19.7. The molecule has 0 radical (unpaired) electrons. The smallest absolute Gasteiger partial charge is 0.281 e. The van der Waals surface area contributed by atoms with Crippen LogP contribution in [0.25, 0.3) is 16.9 Å². The highest BCUT2D eigenvalue weighted by Crippen LogP contribution is 2.35. The van der Waals surface area contributed by atoms with Crippen molar-refractivity contribution in [1.82, 2.24) is 14.5 Å². The molecule has 3 aromatic heterocycles. The Bertz CT molecular complexity index is 1580. The van der Waals surface area contributed by atoms with Gasteiger partial charge < -0.3 is 10.5 Å². The first-order valence-corrected chi connectivity index (χ1v) is 11.9. The van der Waals surface area contributed by atoms with E-state index >= 15 is 0 Å². The van der Waals surface area contributed by atoms with Crippen molar-refractivity contribution in [3.63, 3.8) is 0 Å². The number of hydrogen-bond acceptors (Lipinski definition) is 7. The lowest BCUT2D eigenvalue weighted by molar-refractivity contribution is 0.100. The molecule has 3 aromatic rings. The third-order valence-electron chi connectivity index (χ3n) is 5.25. The number of thioether (sulfide) groups is 1. The van der Waals surface area contributed by atoms with Gasteiger partial charge in [0.1, 0.15) is 28.1 Å². The standard InChI is InChI=1S/C25H19F3N6O3S.H2/c1-37-19-11-31-18(23(27)28)8-16(19)15-9-21(34-12-14(26)5-7-22(34)35)32-10-17(15)24(36)33-25(30)38-20(29)6-4-13-2-3-13;/h5,7-13,23,29H,2-3H2,1H3,(H2,30,33,36);1H. The van der Waals surface area contributed by atoms with E-state index in [2.05, 4.69) is 26.8 Å². The number of carbonyl (C=O) groups is 1. The lowest BCUT2D eigenvalue weighted by Crippen LogP contribution is -2.19. The molecule has 0 saturated heterocycles. The van der Waals surface area contributed by atoms with E-state index in [-0.39, 0.29) is 45.8 Å². The van der Waals surface area contributed by atoms with Gasteiger partial charge in [-0.3, -0.25) is 24.5 Å². The maximum Gasteiger partial charge on any atom is 0.281 e. The summed E-state index contributed by atoms with van der Waals surface area (Å²) in [6.07, 6.45) is 2.04. The van der Waals surface area contributed by atoms with Crippen molar-refractivity contribution >= 4 is 27.9 Å². The molecule has 0 spiro atoms. The van der Waals surface area contributed by atoms with E-state index in [1.807, 2.05) is 0 Å². The molecule has 3 heterocycles. The average Bonchev–Trinajstić information content (AvgIpc) is 3.72. The molecule has 0 unspecified atom stereocenters. The monoisotopic (exact) mass is 542 g/mol. The number of nitrogens with one attached hydrogen (secondary N) is 1. The van der Waals surface area contributed by atoms with E-state index in [1.165, 1.54) is 13.2 Å². The molecule has 1 aliphatic carbocycles. The number of pyridine rings is 3. The van der Waals surface area contributed by atoms with E-state index in [0.717, 1.165) is 54.2 Å². The first-order valence-electron chi connectivity index (χ1n) is 11.0. The SMILES string of the molecule is COc1cnc(C(F)F)cc1-c1cc(-n2cc(F)ccc2=O)ncc1C(=O)N=C(N)SC(=N)C#CC1CC1.[HH]. The normalized spacial score (nSPS) is 13.1. The Balaban J connectivity index is 0.00000420. The number of rotatable bonds is 5. The van der Waals surface area contributed by atoms with Crippen LogP contribution < -0.4 is 16.0 Å². The van der Waals surface area contributed by atoms with Crippen molar-refractivity contribution in [2.24, 2.45) is 16.6 Å². The first kappa shape index (κ1) is 26.6. The summed E-state index contributed by atoms with van der Waals surface area (Å²) in [4.78, 5) is 37.0. The summed E-state index contributed by atoms with van der Waals surface area (Å²) in [6, 6.07) is 4.23. The Morgan fingerprint density at radius 3 is 2.74 bits per heavy atom. The molecule has 9 nitrogen and oxygen atoms in total. The lowest BCUT2D eigenvalue weighted by atomic mass is 10.00. The molecule has 0 bridgehead atoms. The van der Waals surface area contributed by atoms with Crippen LogP contribution in [0.2, 0.25) is 0 Å². The summed E-state index contributed by atoms with van der Waals surface area (Å²) in [6.45, 7) is 0. The van der Waals surface area contributed by atoms with Crippen molar-refractivity contribution in [1.29, 1.82) is 5.41 Å². The maximum atomic E-state index is 13.9. The lowest BCUT2D eigenvalue weighted by Gasteiger charge is -2.14. The minimum absolute atomic E-state index is 0. The molecule has 3 N–H and O–H groups in total. The van der Waals surface area contributed by atoms with Gasteiger partial charge in [0.15, 0.2) is 5.17 Å². The Morgan fingerprint density at radius 2 is 2.05 bits per heavy atom. The van der Waals surface area contributed by atoms with E-state index in [0.29, 0.717) is 11.8 Å². The highest BCUT2D eigenvalue weighted by molar-refractivity contribution is 8.26. The fourth-order valence-electron chi connectivity index (χ4n) is 3.27. The molecular formula is C25H21F3N6O3S. The first-order chi connectivity index (χ1) is 18.2. The van der Waals surface area contributed by atoms with Crippen molar-refractivity contribution < 1.29 is 24.1 Å². The number of methoxy groups -OCH3 is 1. The predicted molar refractivity (Wildman–Crippen MR) is 138 cm³/mol. The Morgan fingerprint density at radius 1 is 1.29 bits per heavy atom. The number of aromatic nitrogens is 3. The second-order valence-corrected chi connectivity index (χ2v) is 9.01. The molecule has 1 amide bonds. The minimum atomic E-state index is -2.93. The molecule has 0 aliphatic heterocycles. The van der Waals surface area contributed by atoms with E-state index < -0.39 is 29.4 Å². The van der Waals surface area contributed by atoms with Crippen molar-refractivity contribution in [3.05, 3.63) is 70.3 Å². The van der Waals surface area contributed by atoms with Crippen LogP contribution in [0.1, 0.15) is 36.7 Å². The van der Waals surface area contributed by atoms with Crippen LogP contribution in [0.4, 0.5) is 13.2 Å². The van der Waals surface area contributed by atoms with E-state index in [1.54, 1.807) is 0 Å². The van der Waals surface area contributed by atoms with Gasteiger partial charge in [-0.2, -0.15) is 4.99 Å². The quantitative estimate of drug-likeness (QED) is 0.280. The number of halogens is 3. The number of ether oxygens (including phenoxy) is 1. The minimum Gasteiger partial charge on any atom is -0.494 e. The van der Waals surface area contributed by atoms with Gasteiger partial charge in [-0.1, -0.05) is 5.92 Å². The van der Waals surface area contributed by atoms with Gasteiger partial charge in [0, 0.05) is 36.9 Å². The summed E-state index contributed by atoms with van der Waals surface area (Å²) in [7, 11) is 1.28. The van der Waals surface area contributed by atoms with Crippen LogP contribution in [-0.4, -0.2) is 37.8 Å². The number of amidine groups is 1. The number of hydrogen-bond donors (Lipinski definition) is 2. The largest absolute Gasteiger partial charge is 0.494 e. The van der Waals surface area contributed by atoms with Crippen LogP contribution in [0.5, 0.6) is 5.75 Å². The number of carbonyl (C=O) groups excluding carboxylic acids is 1. The fraction of sp³-hybridized carbons (Fsp3) is 0.200. The number of alkyl halides is 2. The summed E-state index contributed by atoms with van der Waals surface area (Å²) in [5, 5.41) is 7.53. The Labute approximate surface area is 220 Å².